The lowest BCUT2D eigenvalue weighted by Gasteiger charge is -2.29. The summed E-state index contributed by atoms with van der Waals surface area (Å²) in [6.07, 6.45) is 11.2. The van der Waals surface area contributed by atoms with Gasteiger partial charge in [-0.05, 0) is 68.5 Å². The van der Waals surface area contributed by atoms with Crippen LogP contribution in [0.5, 0.6) is 0 Å². The van der Waals surface area contributed by atoms with Crippen molar-refractivity contribution in [2.24, 2.45) is 11.8 Å². The van der Waals surface area contributed by atoms with E-state index in [0.717, 1.165) is 37.4 Å². The molecule has 3 atom stereocenters. The maximum atomic E-state index is 13.9. The Morgan fingerprint density at radius 1 is 1.10 bits per heavy atom. The van der Waals surface area contributed by atoms with Crippen molar-refractivity contribution in [2.75, 3.05) is 7.11 Å². The number of halogens is 1. The van der Waals surface area contributed by atoms with Crippen LogP contribution in [0, 0.1) is 22.5 Å². The lowest BCUT2D eigenvalue weighted by Crippen LogP contribution is -2.27. The van der Waals surface area contributed by atoms with Crippen LogP contribution in [0.15, 0.2) is 12.2 Å². The monoisotopic (exact) mass is 297 g/mol. The first kappa shape index (κ1) is 15.9. The summed E-state index contributed by atoms with van der Waals surface area (Å²) in [5, 5.41) is 10.6. The van der Waals surface area contributed by atoms with E-state index < -0.39 is 6.17 Å². The van der Waals surface area contributed by atoms with Crippen LogP contribution < -0.4 is 0 Å². The molecule has 112 valence electrons. The molecule has 2 saturated carbocycles. The van der Waals surface area contributed by atoms with Crippen molar-refractivity contribution in [1.29, 1.82) is 5.26 Å². The molecule has 2 aliphatic carbocycles. The number of ether oxygens (including phenoxy) is 1. The molecule has 0 N–H and O–H groups in total. The van der Waals surface area contributed by atoms with Crippen molar-refractivity contribution in [2.45, 2.75) is 62.5 Å². The smallest absolute Gasteiger partial charge is 0.133 e. The minimum absolute atomic E-state index is 0.109. The second-order valence-electron chi connectivity index (χ2n) is 5.99. The van der Waals surface area contributed by atoms with Gasteiger partial charge in [-0.1, -0.05) is 12.2 Å². The molecule has 0 aromatic heterocycles. The van der Waals surface area contributed by atoms with Crippen LogP contribution in [0.3, 0.4) is 0 Å². The van der Waals surface area contributed by atoms with Crippen LogP contribution in [0.2, 0.25) is 0 Å². The first-order valence-electron chi connectivity index (χ1n) is 7.62. The molecule has 0 aromatic carbocycles. The average Bonchev–Trinajstić information content (AvgIpc) is 2.48. The number of thioether (sulfide) groups is 1. The topological polar surface area (TPSA) is 33.0 Å². The normalized spacial score (nSPS) is 38.8. The predicted molar refractivity (Wildman–Crippen MR) is 81.1 cm³/mol. The van der Waals surface area contributed by atoms with E-state index in [9.17, 15) is 4.39 Å². The van der Waals surface area contributed by atoms with Crippen molar-refractivity contribution >= 4 is 11.8 Å². The summed E-state index contributed by atoms with van der Waals surface area (Å²) in [5.74, 6) is 1.01. The summed E-state index contributed by atoms with van der Waals surface area (Å²) in [7, 11) is 1.79. The van der Waals surface area contributed by atoms with Crippen molar-refractivity contribution in [3.05, 3.63) is 12.2 Å². The lowest BCUT2D eigenvalue weighted by molar-refractivity contribution is 0.0626. The van der Waals surface area contributed by atoms with Gasteiger partial charge in [0.2, 0.25) is 0 Å². The molecule has 4 heteroatoms. The third-order valence-electron chi connectivity index (χ3n) is 4.67. The van der Waals surface area contributed by atoms with Crippen LogP contribution in [-0.2, 0) is 4.74 Å². The van der Waals surface area contributed by atoms with Crippen molar-refractivity contribution in [3.63, 3.8) is 0 Å². The van der Waals surface area contributed by atoms with E-state index in [2.05, 4.69) is 12.2 Å². The minimum atomic E-state index is -0.827. The highest BCUT2D eigenvalue weighted by Crippen LogP contribution is 2.35. The second-order valence-corrected chi connectivity index (χ2v) is 7.02. The summed E-state index contributed by atoms with van der Waals surface area (Å²) in [6.45, 7) is 0. The van der Waals surface area contributed by atoms with Gasteiger partial charge in [-0.2, -0.15) is 5.26 Å². The van der Waals surface area contributed by atoms with Crippen molar-refractivity contribution in [3.8, 4) is 5.40 Å². The van der Waals surface area contributed by atoms with Crippen molar-refractivity contribution in [1.82, 2.24) is 0 Å². The number of alkyl halides is 1. The molecule has 0 saturated heterocycles. The molecule has 2 aliphatic rings. The fourth-order valence-corrected chi connectivity index (χ4v) is 3.97. The van der Waals surface area contributed by atoms with Gasteiger partial charge >= 0.3 is 0 Å². The molecular weight excluding hydrogens is 273 g/mol. The van der Waals surface area contributed by atoms with E-state index in [0.29, 0.717) is 24.4 Å². The zero-order valence-electron chi connectivity index (χ0n) is 12.1. The van der Waals surface area contributed by atoms with E-state index in [-0.39, 0.29) is 5.25 Å². The number of methoxy groups -OCH3 is 1. The highest BCUT2D eigenvalue weighted by atomic mass is 32.2. The molecule has 0 radical (unpaired) electrons. The van der Waals surface area contributed by atoms with Gasteiger partial charge < -0.3 is 4.74 Å². The maximum absolute atomic E-state index is 13.9. The molecule has 0 heterocycles. The summed E-state index contributed by atoms with van der Waals surface area (Å²) in [5.41, 5.74) is 0. The van der Waals surface area contributed by atoms with Gasteiger partial charge in [-0.3, -0.25) is 0 Å². The number of allylic oxidation sites excluding steroid dienone is 2. The van der Waals surface area contributed by atoms with Gasteiger partial charge in [-0.25, -0.2) is 4.39 Å². The molecule has 0 bridgehead atoms. The number of hydrogen-bond donors (Lipinski definition) is 0. The van der Waals surface area contributed by atoms with Gasteiger partial charge in [-0.15, -0.1) is 0 Å². The molecule has 0 aliphatic heterocycles. The van der Waals surface area contributed by atoms with Crippen LogP contribution in [0.25, 0.3) is 0 Å². The Balaban J connectivity index is 1.74. The summed E-state index contributed by atoms with van der Waals surface area (Å²) >= 11 is 1.10. The quantitative estimate of drug-likeness (QED) is 0.567. The Bertz CT molecular complexity index is 360. The fourth-order valence-electron chi connectivity index (χ4n) is 3.32. The number of hydrogen-bond acceptors (Lipinski definition) is 3. The summed E-state index contributed by atoms with van der Waals surface area (Å²) < 4.78 is 19.3. The molecule has 20 heavy (non-hydrogen) atoms. The third-order valence-corrected chi connectivity index (χ3v) is 5.60. The van der Waals surface area contributed by atoms with Gasteiger partial charge in [0.1, 0.15) is 11.6 Å². The number of nitrogens with zero attached hydrogens (tertiary/aromatic N) is 1. The molecule has 2 nitrogen and oxygen atoms in total. The van der Waals surface area contributed by atoms with Crippen LogP contribution >= 0.6 is 11.8 Å². The maximum Gasteiger partial charge on any atom is 0.133 e. The van der Waals surface area contributed by atoms with Gasteiger partial charge in [0.15, 0.2) is 0 Å². The Labute approximate surface area is 125 Å². The number of rotatable bonds is 4. The largest absolute Gasteiger partial charge is 0.381 e. The summed E-state index contributed by atoms with van der Waals surface area (Å²) in [4.78, 5) is 0. The van der Waals surface area contributed by atoms with Crippen molar-refractivity contribution < 1.29 is 9.13 Å². The van der Waals surface area contributed by atoms with Crippen LogP contribution in [0.4, 0.5) is 4.39 Å². The molecule has 2 rings (SSSR count). The predicted octanol–water partition coefficient (Wildman–Crippen LogP) is 4.47. The molecule has 0 aromatic rings. The molecule has 0 spiro atoms. The number of thiocyanates is 1. The standard InChI is InChI=1S/C16H24FNOS/c1-19-14-7-4-12(5-8-14)2-3-13-6-9-16(20-11-18)15(17)10-13/h2-3,12-16H,4-10H2,1H3. The van der Waals surface area contributed by atoms with E-state index >= 15 is 0 Å². The highest BCUT2D eigenvalue weighted by molar-refractivity contribution is 8.04. The zero-order valence-corrected chi connectivity index (χ0v) is 12.9. The minimum Gasteiger partial charge on any atom is -0.381 e. The van der Waals surface area contributed by atoms with Gasteiger partial charge in [0.25, 0.3) is 0 Å². The van der Waals surface area contributed by atoms with Gasteiger partial charge in [0.05, 0.1) is 11.4 Å². The van der Waals surface area contributed by atoms with E-state index in [1.807, 2.05) is 5.40 Å². The van der Waals surface area contributed by atoms with E-state index in [4.69, 9.17) is 10.00 Å². The SMILES string of the molecule is COC1CCC(C=CC2CCC(SC#N)C(F)C2)CC1. The van der Waals surface area contributed by atoms with Crippen LogP contribution in [-0.4, -0.2) is 24.6 Å². The Hall–Kier alpha value is -0.530. The Morgan fingerprint density at radius 3 is 2.35 bits per heavy atom. The molecular formula is C16H24FNOS. The van der Waals surface area contributed by atoms with E-state index in [1.54, 1.807) is 7.11 Å². The molecule has 0 amide bonds. The summed E-state index contributed by atoms with van der Waals surface area (Å²) in [6, 6.07) is 0. The second kappa shape index (κ2) is 8.05. The van der Waals surface area contributed by atoms with Gasteiger partial charge in [0, 0.05) is 7.11 Å². The Kier molecular flexibility index (Phi) is 6.38. The lowest BCUT2D eigenvalue weighted by atomic mass is 9.83. The highest BCUT2D eigenvalue weighted by Gasteiger charge is 2.30. The third kappa shape index (κ3) is 4.49. The van der Waals surface area contributed by atoms with E-state index in [1.165, 1.54) is 12.8 Å². The molecule has 2 fully saturated rings. The first-order valence-corrected chi connectivity index (χ1v) is 8.50. The fraction of sp³-hybridized carbons (Fsp3) is 0.812. The zero-order chi connectivity index (χ0) is 14.4. The van der Waals surface area contributed by atoms with Crippen LogP contribution in [0.1, 0.15) is 44.9 Å². The molecule has 3 unspecified atom stereocenters. The average molecular weight is 297 g/mol. The Morgan fingerprint density at radius 2 is 1.75 bits per heavy atom. The first-order chi connectivity index (χ1) is 9.72. The number of nitriles is 1.